The number of fused-ring (bicyclic) bond motifs is 4. The summed E-state index contributed by atoms with van der Waals surface area (Å²) in [5.41, 5.74) is 2.90. The molecule has 0 spiro atoms. The molecule has 3 aliphatic heterocycles. The molecule has 2 saturated heterocycles. The van der Waals surface area contributed by atoms with E-state index >= 15 is 0 Å². The number of ether oxygens (including phenoxy) is 5. The molecule has 1 aliphatic carbocycles. The van der Waals surface area contributed by atoms with E-state index in [1.165, 1.54) is 0 Å². The average Bonchev–Trinajstić information content (AvgIpc) is 3.89. The SMILES string of the molecule is C=C(C)C(=O)OC1(C2CCOC2)c2ccccc2Oc2ccc(-c3ccc4c(c3)C(OC(=O)C(=C)C)(C3CCCO3)c3ccccc3C4=O)cc21. The van der Waals surface area contributed by atoms with E-state index in [0.29, 0.717) is 72.0 Å². The van der Waals surface area contributed by atoms with Gasteiger partial charge in [0.05, 0.1) is 6.61 Å². The van der Waals surface area contributed by atoms with E-state index in [9.17, 15) is 14.4 Å². The maximum Gasteiger partial charge on any atom is 0.334 e. The molecule has 0 amide bonds. The van der Waals surface area contributed by atoms with E-state index < -0.39 is 29.2 Å². The highest BCUT2D eigenvalue weighted by molar-refractivity contribution is 6.13. The maximum atomic E-state index is 14.1. The second-order valence-electron chi connectivity index (χ2n) is 13.8. The zero-order valence-corrected chi connectivity index (χ0v) is 28.7. The van der Waals surface area contributed by atoms with Gasteiger partial charge < -0.3 is 23.7 Å². The lowest BCUT2D eigenvalue weighted by atomic mass is 9.69. The molecule has 0 aromatic heterocycles. The Labute approximate surface area is 296 Å². The minimum atomic E-state index is -1.40. The van der Waals surface area contributed by atoms with Gasteiger partial charge in [-0.15, -0.1) is 0 Å². The number of hydrogen-bond donors (Lipinski definition) is 0. The molecule has 0 N–H and O–H groups in total. The van der Waals surface area contributed by atoms with Crippen molar-refractivity contribution in [1.29, 1.82) is 0 Å². The lowest BCUT2D eigenvalue weighted by Gasteiger charge is -2.43. The van der Waals surface area contributed by atoms with Crippen LogP contribution in [0.4, 0.5) is 0 Å². The molecular formula is C43H38O8. The van der Waals surface area contributed by atoms with Crippen molar-refractivity contribution in [3.63, 3.8) is 0 Å². The number of esters is 2. The van der Waals surface area contributed by atoms with Crippen LogP contribution in [0, 0.1) is 5.92 Å². The van der Waals surface area contributed by atoms with Crippen molar-refractivity contribution >= 4 is 17.7 Å². The predicted octanol–water partition coefficient (Wildman–Crippen LogP) is 7.95. The largest absolute Gasteiger partial charge is 0.456 e. The molecule has 2 fully saturated rings. The van der Waals surface area contributed by atoms with Crippen LogP contribution in [0.3, 0.4) is 0 Å². The Hall–Kier alpha value is -5.31. The van der Waals surface area contributed by atoms with Crippen LogP contribution < -0.4 is 4.74 Å². The monoisotopic (exact) mass is 682 g/mol. The first-order valence-electron chi connectivity index (χ1n) is 17.3. The highest BCUT2D eigenvalue weighted by atomic mass is 16.6. The summed E-state index contributed by atoms with van der Waals surface area (Å²) in [7, 11) is 0. The molecule has 0 bridgehead atoms. The van der Waals surface area contributed by atoms with Gasteiger partial charge in [0.1, 0.15) is 17.6 Å². The molecular weight excluding hydrogens is 644 g/mol. The number of carbonyl (C=O) groups is 3. The van der Waals surface area contributed by atoms with Crippen molar-refractivity contribution in [2.75, 3.05) is 19.8 Å². The number of rotatable bonds is 7. The fourth-order valence-electron chi connectivity index (χ4n) is 8.11. The molecule has 51 heavy (non-hydrogen) atoms. The summed E-state index contributed by atoms with van der Waals surface area (Å²) in [6, 6.07) is 26.3. The van der Waals surface area contributed by atoms with Gasteiger partial charge in [0.25, 0.3) is 0 Å². The van der Waals surface area contributed by atoms with Crippen LogP contribution in [0.2, 0.25) is 0 Å². The maximum absolute atomic E-state index is 14.1. The number of carbonyl (C=O) groups excluding carboxylic acids is 3. The van der Waals surface area contributed by atoms with Crippen LogP contribution in [-0.4, -0.2) is 43.6 Å². The van der Waals surface area contributed by atoms with Crippen LogP contribution in [0.5, 0.6) is 11.5 Å². The molecule has 0 radical (unpaired) electrons. The molecule has 4 aromatic rings. The normalized spacial score (nSPS) is 24.3. The molecule has 4 aromatic carbocycles. The van der Waals surface area contributed by atoms with Gasteiger partial charge in [-0.3, -0.25) is 4.79 Å². The highest BCUT2D eigenvalue weighted by Gasteiger charge is 2.55. The fourth-order valence-corrected chi connectivity index (χ4v) is 8.11. The molecule has 8 heteroatoms. The third-order valence-corrected chi connectivity index (χ3v) is 10.5. The summed E-state index contributed by atoms with van der Waals surface area (Å²) in [6.45, 7) is 12.4. The number of para-hydroxylation sites is 1. The van der Waals surface area contributed by atoms with Crippen LogP contribution in [0.1, 0.15) is 71.3 Å². The summed E-state index contributed by atoms with van der Waals surface area (Å²) in [4.78, 5) is 41.1. The number of ketones is 1. The minimum absolute atomic E-state index is 0.158. The first kappa shape index (κ1) is 32.9. The molecule has 4 aliphatic rings. The van der Waals surface area contributed by atoms with Gasteiger partial charge in [-0.2, -0.15) is 0 Å². The predicted molar refractivity (Wildman–Crippen MR) is 190 cm³/mol. The molecule has 0 saturated carbocycles. The Morgan fingerprint density at radius 1 is 0.706 bits per heavy atom. The zero-order valence-electron chi connectivity index (χ0n) is 28.7. The topological polar surface area (TPSA) is 97.4 Å². The van der Waals surface area contributed by atoms with Gasteiger partial charge in [0, 0.05) is 63.7 Å². The fraction of sp³-hybridized carbons (Fsp3) is 0.279. The Bertz CT molecular complexity index is 2140. The molecule has 4 atom stereocenters. The minimum Gasteiger partial charge on any atom is -0.456 e. The first-order valence-corrected chi connectivity index (χ1v) is 17.3. The van der Waals surface area contributed by atoms with Crippen molar-refractivity contribution in [2.45, 2.75) is 50.4 Å². The Morgan fingerprint density at radius 3 is 2.02 bits per heavy atom. The van der Waals surface area contributed by atoms with Crippen molar-refractivity contribution in [2.24, 2.45) is 5.92 Å². The lowest BCUT2D eigenvalue weighted by molar-refractivity contribution is -0.165. The van der Waals surface area contributed by atoms with E-state index in [1.807, 2.05) is 72.8 Å². The molecule has 8 nitrogen and oxygen atoms in total. The Balaban J connectivity index is 1.35. The summed E-state index contributed by atoms with van der Waals surface area (Å²) in [6.07, 6.45) is 1.55. The van der Waals surface area contributed by atoms with Crippen LogP contribution >= 0.6 is 0 Å². The van der Waals surface area contributed by atoms with Crippen molar-refractivity contribution in [1.82, 2.24) is 0 Å². The van der Waals surface area contributed by atoms with Gasteiger partial charge >= 0.3 is 11.9 Å². The summed E-state index contributed by atoms with van der Waals surface area (Å²) < 4.78 is 31.7. The van der Waals surface area contributed by atoms with Gasteiger partial charge in [0.2, 0.25) is 0 Å². The highest BCUT2D eigenvalue weighted by Crippen LogP contribution is 2.56. The van der Waals surface area contributed by atoms with E-state index in [0.717, 1.165) is 23.1 Å². The molecule has 8 rings (SSSR count). The van der Waals surface area contributed by atoms with E-state index in [-0.39, 0.29) is 22.8 Å². The van der Waals surface area contributed by atoms with E-state index in [4.69, 9.17) is 23.7 Å². The van der Waals surface area contributed by atoms with Gasteiger partial charge in [-0.1, -0.05) is 67.8 Å². The van der Waals surface area contributed by atoms with Gasteiger partial charge in [0.15, 0.2) is 17.0 Å². The van der Waals surface area contributed by atoms with Crippen molar-refractivity contribution in [3.8, 4) is 22.6 Å². The molecule has 3 heterocycles. The van der Waals surface area contributed by atoms with Crippen molar-refractivity contribution < 1.29 is 38.1 Å². The van der Waals surface area contributed by atoms with Crippen LogP contribution in [0.25, 0.3) is 11.1 Å². The number of benzene rings is 4. The summed E-state index contributed by atoms with van der Waals surface area (Å²) in [5, 5.41) is 0. The standard InChI is InChI=1S/C43H38O8/c1-25(2)40(45)50-42(29-19-21-47-24-29)33-12-7-8-13-36(33)49-37-18-16-28(23-35(37)42)27-15-17-31-34(22-27)43(38-14-9-20-48-38,51-41(46)26(3)4)32-11-6-5-10-30(32)39(31)44/h5-8,10-13,15-18,22-23,29,38H,1,3,9,14,19-21,24H2,2,4H3. The zero-order chi connectivity index (χ0) is 35.5. The smallest absolute Gasteiger partial charge is 0.334 e. The number of hydrogen-bond acceptors (Lipinski definition) is 8. The third-order valence-electron chi connectivity index (χ3n) is 10.5. The summed E-state index contributed by atoms with van der Waals surface area (Å²) in [5.74, 6) is -0.281. The van der Waals surface area contributed by atoms with Crippen LogP contribution in [0.15, 0.2) is 109 Å². The summed E-state index contributed by atoms with van der Waals surface area (Å²) >= 11 is 0. The van der Waals surface area contributed by atoms with Crippen LogP contribution in [-0.2, 0) is 39.7 Å². The lowest BCUT2D eigenvalue weighted by Crippen LogP contribution is -2.48. The van der Waals surface area contributed by atoms with Gasteiger partial charge in [-0.25, -0.2) is 9.59 Å². The van der Waals surface area contributed by atoms with E-state index in [1.54, 1.807) is 26.0 Å². The van der Waals surface area contributed by atoms with Crippen molar-refractivity contribution in [3.05, 3.63) is 143 Å². The average molecular weight is 683 g/mol. The third kappa shape index (κ3) is 5.07. The molecule has 258 valence electrons. The quantitative estimate of drug-likeness (QED) is 0.143. The first-order chi connectivity index (χ1) is 24.6. The molecule has 4 unspecified atom stereocenters. The van der Waals surface area contributed by atoms with Gasteiger partial charge in [-0.05, 0) is 74.6 Å². The second kappa shape index (κ2) is 12.5. The Morgan fingerprint density at radius 2 is 1.33 bits per heavy atom. The Kier molecular flexibility index (Phi) is 8.04. The van der Waals surface area contributed by atoms with E-state index in [2.05, 4.69) is 13.2 Å². The second-order valence-corrected chi connectivity index (χ2v) is 13.8.